The van der Waals surface area contributed by atoms with Gasteiger partial charge in [0.25, 0.3) is 9.05 Å². The predicted molar refractivity (Wildman–Crippen MR) is 121 cm³/mol. The van der Waals surface area contributed by atoms with Crippen molar-refractivity contribution < 1.29 is 27.4 Å². The molecule has 0 amide bonds. The summed E-state index contributed by atoms with van der Waals surface area (Å²) in [4.78, 5) is 11.6. The van der Waals surface area contributed by atoms with Crippen LogP contribution in [0.4, 0.5) is 0 Å². The number of benzene rings is 2. The maximum atomic E-state index is 11.9. The molecule has 0 bridgehead atoms. The van der Waals surface area contributed by atoms with Crippen LogP contribution in [0.3, 0.4) is 0 Å². The maximum Gasteiger partial charge on any atom is 0.309 e. The molecule has 0 radical (unpaired) electrons. The van der Waals surface area contributed by atoms with E-state index in [-0.39, 0.29) is 16.7 Å². The second kappa shape index (κ2) is 9.22. The van der Waals surface area contributed by atoms with Crippen LogP contribution >= 0.6 is 10.7 Å². The first-order valence-corrected chi connectivity index (χ1v) is 12.0. The predicted octanol–water partition coefficient (Wildman–Crippen LogP) is 4.53. The van der Waals surface area contributed by atoms with E-state index in [0.29, 0.717) is 34.0 Å². The van der Waals surface area contributed by atoms with E-state index in [1.807, 2.05) is 13.8 Å². The number of hydrogen-bond donors (Lipinski definition) is 0. The molecule has 0 fully saturated rings. The number of carbonyl (C=O) groups excluding carboxylic acids is 1. The van der Waals surface area contributed by atoms with E-state index in [1.54, 1.807) is 35.0 Å². The third kappa shape index (κ3) is 4.73. The molecule has 0 aliphatic heterocycles. The van der Waals surface area contributed by atoms with Crippen LogP contribution in [0.1, 0.15) is 32.3 Å². The normalized spacial score (nSPS) is 11.5. The zero-order valence-electron chi connectivity index (χ0n) is 18.2. The number of ether oxygens (including phenoxy) is 3. The fourth-order valence-electron chi connectivity index (χ4n) is 3.36. The second-order valence-corrected chi connectivity index (χ2v) is 9.79. The molecule has 1 heterocycles. The first-order valence-electron chi connectivity index (χ1n) is 9.65. The molecule has 0 saturated heterocycles. The van der Waals surface area contributed by atoms with E-state index in [4.69, 9.17) is 24.9 Å². The van der Waals surface area contributed by atoms with E-state index in [2.05, 4.69) is 5.10 Å². The topological polar surface area (TPSA) is 96.7 Å². The summed E-state index contributed by atoms with van der Waals surface area (Å²) in [6, 6.07) is 11.5. The van der Waals surface area contributed by atoms with Crippen molar-refractivity contribution in [2.24, 2.45) is 0 Å². The minimum atomic E-state index is -3.92. The first-order chi connectivity index (χ1) is 15.1. The highest BCUT2D eigenvalue weighted by molar-refractivity contribution is 8.13. The number of halogens is 1. The van der Waals surface area contributed by atoms with Gasteiger partial charge in [0, 0.05) is 23.7 Å². The van der Waals surface area contributed by atoms with Gasteiger partial charge in [-0.05, 0) is 41.8 Å². The van der Waals surface area contributed by atoms with E-state index >= 15 is 0 Å². The van der Waals surface area contributed by atoms with Crippen LogP contribution in [-0.4, -0.2) is 38.4 Å². The molecule has 3 rings (SSSR count). The number of aromatic nitrogens is 2. The third-order valence-electron chi connectivity index (χ3n) is 4.75. The van der Waals surface area contributed by atoms with Crippen LogP contribution in [0.5, 0.6) is 17.4 Å². The lowest BCUT2D eigenvalue weighted by Crippen LogP contribution is -2.08. The van der Waals surface area contributed by atoms with Gasteiger partial charge in [0.15, 0.2) is 0 Å². The molecule has 3 aromatic rings. The highest BCUT2D eigenvalue weighted by atomic mass is 35.7. The van der Waals surface area contributed by atoms with Gasteiger partial charge in [-0.3, -0.25) is 4.79 Å². The van der Waals surface area contributed by atoms with Gasteiger partial charge < -0.3 is 14.2 Å². The molecule has 10 heteroatoms. The van der Waals surface area contributed by atoms with E-state index in [1.165, 1.54) is 33.3 Å². The van der Waals surface area contributed by atoms with Crippen LogP contribution in [0.2, 0.25) is 0 Å². The van der Waals surface area contributed by atoms with Crippen molar-refractivity contribution in [1.29, 1.82) is 0 Å². The van der Waals surface area contributed by atoms with Gasteiger partial charge in [-0.25, -0.2) is 13.1 Å². The highest BCUT2D eigenvalue weighted by Crippen LogP contribution is 2.41. The monoisotopic (exact) mass is 478 g/mol. The number of esters is 1. The zero-order chi connectivity index (χ0) is 23.6. The number of rotatable bonds is 7. The molecule has 1 aromatic heterocycles. The smallest absolute Gasteiger partial charge is 0.309 e. The summed E-state index contributed by atoms with van der Waals surface area (Å²) < 4.78 is 41.7. The van der Waals surface area contributed by atoms with E-state index < -0.39 is 15.0 Å². The molecule has 2 aromatic carbocycles. The molecule has 8 nitrogen and oxygen atoms in total. The van der Waals surface area contributed by atoms with Crippen molar-refractivity contribution in [2.45, 2.75) is 31.6 Å². The summed E-state index contributed by atoms with van der Waals surface area (Å²) in [7, 11) is 4.71. The Balaban J connectivity index is 2.36. The Hall–Kier alpha value is -3.04. The average molecular weight is 479 g/mol. The zero-order valence-corrected chi connectivity index (χ0v) is 19.8. The Morgan fingerprint density at radius 1 is 1.06 bits per heavy atom. The van der Waals surface area contributed by atoms with Crippen LogP contribution in [-0.2, 0) is 13.8 Å². The fourth-order valence-corrected chi connectivity index (χ4v) is 4.15. The second-order valence-electron chi connectivity index (χ2n) is 7.22. The van der Waals surface area contributed by atoms with Gasteiger partial charge in [-0.1, -0.05) is 19.9 Å². The molecule has 0 unspecified atom stereocenters. The lowest BCUT2D eigenvalue weighted by molar-refractivity contribution is -0.132. The summed E-state index contributed by atoms with van der Waals surface area (Å²) in [5.41, 5.74) is 2.39. The average Bonchev–Trinajstić information content (AvgIpc) is 3.14. The molecule has 0 saturated carbocycles. The SMILES string of the molecule is COc1cccc(OC)c1-c1cc(OC(C)=O)nn1-c1ccc(S(=O)(=O)Cl)cc1C(C)C. The number of nitrogens with zero attached hydrogens (tertiary/aromatic N) is 2. The van der Waals surface area contributed by atoms with E-state index in [9.17, 15) is 13.2 Å². The van der Waals surface area contributed by atoms with Crippen molar-refractivity contribution in [1.82, 2.24) is 9.78 Å². The lowest BCUT2D eigenvalue weighted by Gasteiger charge is -2.18. The number of hydrogen-bond acceptors (Lipinski definition) is 7. The molecule has 170 valence electrons. The minimum absolute atomic E-state index is 0.0181. The van der Waals surface area contributed by atoms with Crippen molar-refractivity contribution >= 4 is 25.7 Å². The van der Waals surface area contributed by atoms with Crippen molar-refractivity contribution in [3.63, 3.8) is 0 Å². The minimum Gasteiger partial charge on any atom is -0.496 e. The standard InChI is InChI=1S/C22H23ClN2O6S/c1-13(2)16-11-15(32(23,27)28)9-10-17(16)25-18(12-21(24-25)31-14(3)26)22-19(29-4)7-6-8-20(22)30-5/h6-13H,1-5H3. The Bertz CT molecular complexity index is 1250. The molecule has 0 N–H and O–H groups in total. The van der Waals surface area contributed by atoms with Crippen molar-refractivity contribution in [2.75, 3.05) is 14.2 Å². The lowest BCUT2D eigenvalue weighted by atomic mass is 10.0. The van der Waals surface area contributed by atoms with Crippen LogP contribution in [0.25, 0.3) is 16.9 Å². The summed E-state index contributed by atoms with van der Waals surface area (Å²) in [6.07, 6.45) is 0. The van der Waals surface area contributed by atoms with Gasteiger partial charge >= 0.3 is 5.97 Å². The molecule has 0 aliphatic rings. The van der Waals surface area contributed by atoms with Gasteiger partial charge in [0.1, 0.15) is 11.5 Å². The van der Waals surface area contributed by atoms with E-state index in [0.717, 1.165) is 0 Å². The molecule has 0 atom stereocenters. The molecule has 0 aliphatic carbocycles. The fraction of sp³-hybridized carbons (Fsp3) is 0.273. The Morgan fingerprint density at radius 3 is 2.19 bits per heavy atom. The van der Waals surface area contributed by atoms with Crippen LogP contribution < -0.4 is 14.2 Å². The van der Waals surface area contributed by atoms with Gasteiger partial charge in [0.05, 0.1) is 36.1 Å². The summed E-state index contributed by atoms with van der Waals surface area (Å²) >= 11 is 0. The first kappa shape index (κ1) is 23.6. The molecule has 0 spiro atoms. The molecular formula is C22H23ClN2O6S. The molecular weight excluding hydrogens is 456 g/mol. The Kier molecular flexibility index (Phi) is 6.80. The summed E-state index contributed by atoms with van der Waals surface area (Å²) in [5, 5.41) is 4.46. The summed E-state index contributed by atoms with van der Waals surface area (Å²) in [5.74, 6) is 0.513. The van der Waals surface area contributed by atoms with Crippen LogP contribution in [0.15, 0.2) is 47.4 Å². The van der Waals surface area contributed by atoms with Gasteiger partial charge in [-0.15, -0.1) is 5.10 Å². The summed E-state index contributed by atoms with van der Waals surface area (Å²) in [6.45, 7) is 5.12. The Labute approximate surface area is 191 Å². The maximum absolute atomic E-state index is 11.9. The van der Waals surface area contributed by atoms with Crippen molar-refractivity contribution in [3.8, 4) is 34.3 Å². The number of carbonyl (C=O) groups is 1. The highest BCUT2D eigenvalue weighted by Gasteiger charge is 2.24. The Morgan fingerprint density at radius 2 is 1.69 bits per heavy atom. The molecule has 32 heavy (non-hydrogen) atoms. The largest absolute Gasteiger partial charge is 0.496 e. The third-order valence-corrected chi connectivity index (χ3v) is 6.10. The van der Waals surface area contributed by atoms with Crippen LogP contribution in [0, 0.1) is 0 Å². The number of methoxy groups -OCH3 is 2. The van der Waals surface area contributed by atoms with Gasteiger partial charge in [0.2, 0.25) is 5.88 Å². The van der Waals surface area contributed by atoms with Crippen molar-refractivity contribution in [3.05, 3.63) is 48.0 Å². The quantitative estimate of drug-likeness (QED) is 0.363. The van der Waals surface area contributed by atoms with Gasteiger partial charge in [-0.2, -0.15) is 0 Å².